The monoisotopic (exact) mass is 485 g/mol. The standard InChI is InChI=1S/C26H19N3O5S/c27-35(33,34)21-11-9-20(10-12-21)29-23(19-6-3-13-28-15-19)22(25(31)26(29)32)24(30)18-8-7-16-4-1-2-5-17(16)14-18/h1-15,23,30H,(H2,27,33,34)/b24-22-. The second-order valence-electron chi connectivity index (χ2n) is 8.06. The van der Waals surface area contributed by atoms with Crippen LogP contribution < -0.4 is 10.0 Å². The number of sulfonamides is 1. The van der Waals surface area contributed by atoms with Crippen LogP contribution in [0.3, 0.4) is 0 Å². The molecule has 1 aromatic heterocycles. The highest BCUT2D eigenvalue weighted by molar-refractivity contribution is 7.89. The maximum atomic E-state index is 13.2. The van der Waals surface area contributed by atoms with Crippen molar-refractivity contribution >= 4 is 43.9 Å². The van der Waals surface area contributed by atoms with E-state index in [9.17, 15) is 23.1 Å². The lowest BCUT2D eigenvalue weighted by Crippen LogP contribution is -2.29. The minimum Gasteiger partial charge on any atom is -0.507 e. The van der Waals surface area contributed by atoms with Crippen molar-refractivity contribution in [1.29, 1.82) is 0 Å². The summed E-state index contributed by atoms with van der Waals surface area (Å²) in [7, 11) is -3.94. The van der Waals surface area contributed by atoms with E-state index in [-0.39, 0.29) is 21.9 Å². The normalized spacial score (nSPS) is 17.7. The van der Waals surface area contributed by atoms with Crippen LogP contribution >= 0.6 is 0 Å². The quantitative estimate of drug-likeness (QED) is 0.258. The number of fused-ring (bicyclic) bond motifs is 1. The van der Waals surface area contributed by atoms with Crippen LogP contribution in [-0.2, 0) is 19.6 Å². The first-order valence-corrected chi connectivity index (χ1v) is 12.1. The van der Waals surface area contributed by atoms with E-state index in [0.717, 1.165) is 10.8 Å². The molecule has 3 N–H and O–H groups in total. The fraction of sp³-hybridized carbons (Fsp3) is 0.0385. The summed E-state index contributed by atoms with van der Waals surface area (Å²) < 4.78 is 23.3. The molecule has 0 saturated carbocycles. The number of carbonyl (C=O) groups excluding carboxylic acids is 2. The Balaban J connectivity index is 1.69. The number of rotatable bonds is 4. The molecule has 1 fully saturated rings. The third kappa shape index (κ3) is 3.96. The molecule has 5 rings (SSSR count). The fourth-order valence-corrected chi connectivity index (χ4v) is 4.76. The SMILES string of the molecule is NS(=O)(=O)c1ccc(N2C(=O)C(=O)/C(=C(\O)c3ccc4ccccc4c3)C2c2cccnc2)cc1. The number of ketones is 1. The second-order valence-corrected chi connectivity index (χ2v) is 9.62. The average molecular weight is 486 g/mol. The summed E-state index contributed by atoms with van der Waals surface area (Å²) in [6.07, 6.45) is 3.07. The molecule has 1 aliphatic heterocycles. The van der Waals surface area contributed by atoms with Gasteiger partial charge in [0.15, 0.2) is 0 Å². The number of nitrogens with zero attached hydrogens (tertiary/aromatic N) is 2. The van der Waals surface area contributed by atoms with Crippen molar-refractivity contribution in [3.8, 4) is 0 Å². The van der Waals surface area contributed by atoms with E-state index in [1.54, 1.807) is 30.5 Å². The van der Waals surface area contributed by atoms with Gasteiger partial charge in [0, 0.05) is 23.6 Å². The Morgan fingerprint density at radius 3 is 2.29 bits per heavy atom. The number of anilines is 1. The van der Waals surface area contributed by atoms with Gasteiger partial charge >= 0.3 is 0 Å². The van der Waals surface area contributed by atoms with Crippen LogP contribution in [0.2, 0.25) is 0 Å². The zero-order valence-electron chi connectivity index (χ0n) is 18.2. The molecule has 35 heavy (non-hydrogen) atoms. The summed E-state index contributed by atoms with van der Waals surface area (Å²) >= 11 is 0. The van der Waals surface area contributed by atoms with Crippen molar-refractivity contribution in [2.45, 2.75) is 10.9 Å². The number of hydrogen-bond acceptors (Lipinski definition) is 6. The van der Waals surface area contributed by atoms with E-state index in [1.165, 1.54) is 35.4 Å². The smallest absolute Gasteiger partial charge is 0.300 e. The molecule has 1 atom stereocenters. The van der Waals surface area contributed by atoms with Gasteiger partial charge in [0.25, 0.3) is 11.7 Å². The lowest BCUT2D eigenvalue weighted by atomic mass is 9.95. The Morgan fingerprint density at radius 2 is 1.63 bits per heavy atom. The first kappa shape index (κ1) is 22.5. The number of Topliss-reactive ketones (excluding diaryl/α,β-unsaturated/α-hetero) is 1. The number of aromatic nitrogens is 1. The van der Waals surface area contributed by atoms with Gasteiger partial charge < -0.3 is 5.11 Å². The van der Waals surface area contributed by atoms with Gasteiger partial charge in [0.1, 0.15) is 5.76 Å². The first-order chi connectivity index (χ1) is 16.8. The molecule has 174 valence electrons. The van der Waals surface area contributed by atoms with Crippen molar-refractivity contribution in [2.75, 3.05) is 4.90 Å². The zero-order chi connectivity index (χ0) is 24.7. The molecule has 0 radical (unpaired) electrons. The minimum absolute atomic E-state index is 0.0891. The van der Waals surface area contributed by atoms with E-state index in [0.29, 0.717) is 11.1 Å². The number of carbonyl (C=O) groups is 2. The fourth-order valence-electron chi connectivity index (χ4n) is 4.24. The van der Waals surface area contributed by atoms with Crippen LogP contribution in [0.15, 0.2) is 102 Å². The lowest BCUT2D eigenvalue weighted by Gasteiger charge is -2.25. The molecule has 1 saturated heterocycles. The lowest BCUT2D eigenvalue weighted by molar-refractivity contribution is -0.132. The van der Waals surface area contributed by atoms with Crippen molar-refractivity contribution in [1.82, 2.24) is 4.98 Å². The maximum absolute atomic E-state index is 13.2. The van der Waals surface area contributed by atoms with E-state index in [4.69, 9.17) is 5.14 Å². The third-order valence-electron chi connectivity index (χ3n) is 5.91. The Morgan fingerprint density at radius 1 is 0.914 bits per heavy atom. The molecule has 1 unspecified atom stereocenters. The van der Waals surface area contributed by atoms with Crippen molar-refractivity contribution < 1.29 is 23.1 Å². The number of aliphatic hydroxyl groups excluding tert-OH is 1. The zero-order valence-corrected chi connectivity index (χ0v) is 19.0. The second kappa shape index (κ2) is 8.46. The molecular formula is C26H19N3O5S. The van der Waals surface area contributed by atoms with Gasteiger partial charge in [-0.1, -0.05) is 42.5 Å². The molecule has 8 nitrogen and oxygen atoms in total. The molecule has 2 heterocycles. The number of benzene rings is 3. The van der Waals surface area contributed by atoms with Crippen LogP contribution in [0.25, 0.3) is 16.5 Å². The summed E-state index contributed by atoms with van der Waals surface area (Å²) in [5, 5.41) is 18.3. The van der Waals surface area contributed by atoms with E-state index in [2.05, 4.69) is 4.98 Å². The average Bonchev–Trinajstić information content (AvgIpc) is 3.13. The van der Waals surface area contributed by atoms with E-state index in [1.807, 2.05) is 30.3 Å². The van der Waals surface area contributed by atoms with Crippen LogP contribution in [-0.4, -0.2) is 30.2 Å². The number of primary sulfonamides is 1. The van der Waals surface area contributed by atoms with Gasteiger partial charge in [-0.25, -0.2) is 13.6 Å². The number of nitrogens with two attached hydrogens (primary N) is 1. The van der Waals surface area contributed by atoms with Crippen molar-refractivity contribution in [3.05, 3.63) is 108 Å². The number of aliphatic hydroxyl groups is 1. The Labute approximate surface area is 201 Å². The Bertz CT molecular complexity index is 1610. The Kier molecular flexibility index (Phi) is 5.43. The van der Waals surface area contributed by atoms with Gasteiger partial charge in [-0.05, 0) is 52.7 Å². The molecule has 9 heteroatoms. The first-order valence-electron chi connectivity index (χ1n) is 10.6. The largest absolute Gasteiger partial charge is 0.507 e. The molecule has 4 aromatic rings. The van der Waals surface area contributed by atoms with Crippen molar-refractivity contribution in [3.63, 3.8) is 0 Å². The van der Waals surface area contributed by atoms with Gasteiger partial charge in [-0.15, -0.1) is 0 Å². The highest BCUT2D eigenvalue weighted by Gasteiger charge is 2.47. The topological polar surface area (TPSA) is 131 Å². The highest BCUT2D eigenvalue weighted by Crippen LogP contribution is 2.42. The predicted molar refractivity (Wildman–Crippen MR) is 131 cm³/mol. The van der Waals surface area contributed by atoms with Crippen molar-refractivity contribution in [2.24, 2.45) is 5.14 Å². The van der Waals surface area contributed by atoms with E-state index >= 15 is 0 Å². The molecule has 0 bridgehead atoms. The van der Waals surface area contributed by atoms with Crippen LogP contribution in [0.1, 0.15) is 17.2 Å². The summed E-state index contributed by atoms with van der Waals surface area (Å²) in [5.41, 5.74) is 1.07. The summed E-state index contributed by atoms with van der Waals surface area (Å²) in [6.45, 7) is 0. The van der Waals surface area contributed by atoms with Gasteiger partial charge in [0.05, 0.1) is 16.5 Å². The van der Waals surface area contributed by atoms with Crippen LogP contribution in [0.4, 0.5) is 5.69 Å². The predicted octanol–water partition coefficient (Wildman–Crippen LogP) is 3.51. The molecule has 0 spiro atoms. The summed E-state index contributed by atoms with van der Waals surface area (Å²) in [4.78, 5) is 31.6. The highest BCUT2D eigenvalue weighted by atomic mass is 32.2. The number of pyridine rings is 1. The van der Waals surface area contributed by atoms with Gasteiger partial charge in [-0.3, -0.25) is 19.5 Å². The van der Waals surface area contributed by atoms with Gasteiger partial charge in [0.2, 0.25) is 10.0 Å². The molecule has 0 aliphatic carbocycles. The number of amides is 1. The molecular weight excluding hydrogens is 466 g/mol. The summed E-state index contributed by atoms with van der Waals surface area (Å²) in [6, 6.07) is 20.5. The maximum Gasteiger partial charge on any atom is 0.300 e. The summed E-state index contributed by atoms with van der Waals surface area (Å²) in [5.74, 6) is -2.03. The van der Waals surface area contributed by atoms with Gasteiger partial charge in [-0.2, -0.15) is 0 Å². The molecule has 1 amide bonds. The van der Waals surface area contributed by atoms with Crippen LogP contribution in [0, 0.1) is 0 Å². The molecule has 1 aliphatic rings. The van der Waals surface area contributed by atoms with Crippen LogP contribution in [0.5, 0.6) is 0 Å². The minimum atomic E-state index is -3.94. The number of hydrogen-bond donors (Lipinski definition) is 2. The molecule has 3 aromatic carbocycles. The Hall–Kier alpha value is -4.34. The van der Waals surface area contributed by atoms with E-state index < -0.39 is 27.8 Å². The third-order valence-corrected chi connectivity index (χ3v) is 6.84.